The fourth-order valence-corrected chi connectivity index (χ4v) is 2.92. The van der Waals surface area contributed by atoms with E-state index in [0.29, 0.717) is 11.8 Å². The van der Waals surface area contributed by atoms with Gasteiger partial charge in [0.2, 0.25) is 0 Å². The molecule has 0 unspecified atom stereocenters. The van der Waals surface area contributed by atoms with E-state index in [2.05, 4.69) is 33.5 Å². The van der Waals surface area contributed by atoms with Crippen molar-refractivity contribution in [3.63, 3.8) is 0 Å². The van der Waals surface area contributed by atoms with Crippen LogP contribution in [0.3, 0.4) is 0 Å². The minimum Gasteiger partial charge on any atom is -0.464 e. The van der Waals surface area contributed by atoms with Crippen molar-refractivity contribution in [1.82, 2.24) is 9.97 Å². The lowest BCUT2D eigenvalue weighted by atomic mass is 9.87. The largest absolute Gasteiger partial charge is 0.464 e. The van der Waals surface area contributed by atoms with Crippen molar-refractivity contribution in [1.29, 1.82) is 0 Å². The summed E-state index contributed by atoms with van der Waals surface area (Å²) in [5.74, 6) is 1.15. The first-order chi connectivity index (χ1) is 10.5. The molecule has 1 atom stereocenters. The molecule has 0 spiro atoms. The lowest BCUT2D eigenvalue weighted by Crippen LogP contribution is -2.38. The van der Waals surface area contributed by atoms with Crippen molar-refractivity contribution >= 4 is 11.8 Å². The summed E-state index contributed by atoms with van der Waals surface area (Å²) in [7, 11) is 1.34. The zero-order chi connectivity index (χ0) is 16.1. The first-order valence-corrected chi connectivity index (χ1v) is 7.84. The van der Waals surface area contributed by atoms with E-state index in [1.165, 1.54) is 13.4 Å². The van der Waals surface area contributed by atoms with E-state index >= 15 is 0 Å². The summed E-state index contributed by atoms with van der Waals surface area (Å²) >= 11 is 0. The number of carbonyl (C=O) groups excluding carboxylic acids is 1. The number of carbonyl (C=O) groups is 1. The number of aromatic nitrogens is 2. The van der Waals surface area contributed by atoms with Crippen molar-refractivity contribution in [2.75, 3.05) is 25.1 Å². The van der Waals surface area contributed by atoms with Gasteiger partial charge in [0.1, 0.15) is 12.1 Å². The van der Waals surface area contributed by atoms with Gasteiger partial charge in [-0.15, -0.1) is 0 Å². The Labute approximate surface area is 131 Å². The normalized spacial score (nSPS) is 17.6. The Bertz CT molecular complexity index is 499. The van der Waals surface area contributed by atoms with Crippen LogP contribution in [0.1, 0.15) is 43.6 Å². The van der Waals surface area contributed by atoms with Crippen LogP contribution in [-0.2, 0) is 4.74 Å². The quantitative estimate of drug-likeness (QED) is 0.837. The molecule has 0 radical (unpaired) electrons. The second-order valence-corrected chi connectivity index (χ2v) is 6.27. The summed E-state index contributed by atoms with van der Waals surface area (Å²) in [4.78, 5) is 21.8. The van der Waals surface area contributed by atoms with Gasteiger partial charge in [0, 0.05) is 19.2 Å². The zero-order valence-electron chi connectivity index (χ0n) is 13.5. The molecule has 1 aromatic rings. The monoisotopic (exact) mass is 307 g/mol. The minimum atomic E-state index is -0.453. The molecule has 6 nitrogen and oxygen atoms in total. The molecular weight excluding hydrogens is 282 g/mol. The van der Waals surface area contributed by atoms with E-state index in [1.54, 1.807) is 6.07 Å². The Morgan fingerprint density at radius 2 is 2.09 bits per heavy atom. The molecule has 1 aliphatic heterocycles. The van der Waals surface area contributed by atoms with Crippen LogP contribution in [0.2, 0.25) is 0 Å². The molecule has 2 rings (SSSR count). The standard InChI is InChI=1S/C16H25N3O3/c1-11(2)8-14(20)12-4-6-19(7-5-12)15-9-13(16(21)22-3)17-10-18-15/h9-12,14,20H,4-8H2,1-3H3/t14-/m0/s1. The third kappa shape index (κ3) is 4.16. The number of rotatable bonds is 5. The molecule has 1 aliphatic rings. The van der Waals surface area contributed by atoms with Crippen LogP contribution < -0.4 is 4.90 Å². The SMILES string of the molecule is COC(=O)c1cc(N2CCC([C@@H](O)CC(C)C)CC2)ncn1. The van der Waals surface area contributed by atoms with E-state index < -0.39 is 5.97 Å². The molecular formula is C16H25N3O3. The van der Waals surface area contributed by atoms with Gasteiger partial charge in [0.25, 0.3) is 0 Å². The zero-order valence-corrected chi connectivity index (χ0v) is 13.5. The lowest BCUT2D eigenvalue weighted by molar-refractivity contribution is 0.0594. The van der Waals surface area contributed by atoms with Crippen LogP contribution in [0.15, 0.2) is 12.4 Å². The van der Waals surface area contributed by atoms with Crippen LogP contribution in [0.5, 0.6) is 0 Å². The highest BCUT2D eigenvalue weighted by atomic mass is 16.5. The van der Waals surface area contributed by atoms with Gasteiger partial charge >= 0.3 is 5.97 Å². The van der Waals surface area contributed by atoms with Gasteiger partial charge < -0.3 is 14.7 Å². The van der Waals surface area contributed by atoms with Gasteiger partial charge in [-0.25, -0.2) is 14.8 Å². The summed E-state index contributed by atoms with van der Waals surface area (Å²) in [5, 5.41) is 10.2. The fraction of sp³-hybridized carbons (Fsp3) is 0.688. The molecule has 1 fully saturated rings. The second kappa shape index (κ2) is 7.54. The van der Waals surface area contributed by atoms with Crippen molar-refractivity contribution in [3.8, 4) is 0 Å². The first kappa shape index (κ1) is 16.7. The van der Waals surface area contributed by atoms with E-state index in [-0.39, 0.29) is 11.8 Å². The highest BCUT2D eigenvalue weighted by molar-refractivity contribution is 5.87. The van der Waals surface area contributed by atoms with E-state index in [1.807, 2.05) is 0 Å². The average molecular weight is 307 g/mol. The molecule has 122 valence electrons. The number of esters is 1. The molecule has 1 aromatic heterocycles. The number of ether oxygens (including phenoxy) is 1. The summed E-state index contributed by atoms with van der Waals surface area (Å²) in [5.41, 5.74) is 0.273. The molecule has 1 saturated heterocycles. The fourth-order valence-electron chi connectivity index (χ4n) is 2.92. The smallest absolute Gasteiger partial charge is 0.356 e. The third-order valence-corrected chi connectivity index (χ3v) is 4.17. The predicted molar refractivity (Wildman–Crippen MR) is 83.8 cm³/mol. The topological polar surface area (TPSA) is 75.5 Å². The lowest BCUT2D eigenvalue weighted by Gasteiger charge is -2.35. The number of methoxy groups -OCH3 is 1. The molecule has 0 bridgehead atoms. The maximum atomic E-state index is 11.5. The van der Waals surface area contributed by atoms with Crippen molar-refractivity contribution in [2.24, 2.45) is 11.8 Å². The Balaban J connectivity index is 1.95. The Hall–Kier alpha value is -1.69. The number of hydrogen-bond donors (Lipinski definition) is 1. The molecule has 6 heteroatoms. The van der Waals surface area contributed by atoms with Gasteiger partial charge in [-0.3, -0.25) is 0 Å². The Kier molecular flexibility index (Phi) is 5.71. The van der Waals surface area contributed by atoms with Gasteiger partial charge in [0.05, 0.1) is 13.2 Å². The van der Waals surface area contributed by atoms with Crippen LogP contribution in [0.4, 0.5) is 5.82 Å². The number of piperidine rings is 1. The molecule has 0 saturated carbocycles. The van der Waals surface area contributed by atoms with Crippen LogP contribution >= 0.6 is 0 Å². The number of nitrogens with zero attached hydrogens (tertiary/aromatic N) is 3. The van der Waals surface area contributed by atoms with Crippen molar-refractivity contribution in [2.45, 2.75) is 39.2 Å². The third-order valence-electron chi connectivity index (χ3n) is 4.17. The van der Waals surface area contributed by atoms with Crippen LogP contribution in [-0.4, -0.2) is 47.3 Å². The predicted octanol–water partition coefficient (Wildman–Crippen LogP) is 1.89. The average Bonchev–Trinajstić information content (AvgIpc) is 2.53. The first-order valence-electron chi connectivity index (χ1n) is 7.84. The number of aliphatic hydroxyl groups is 1. The summed E-state index contributed by atoms with van der Waals surface area (Å²) in [6, 6.07) is 1.66. The van der Waals surface area contributed by atoms with E-state index in [4.69, 9.17) is 0 Å². The van der Waals surface area contributed by atoms with E-state index in [0.717, 1.165) is 38.2 Å². The summed E-state index contributed by atoms with van der Waals surface area (Å²) < 4.78 is 4.68. The van der Waals surface area contributed by atoms with Gasteiger partial charge in [-0.2, -0.15) is 0 Å². The summed E-state index contributed by atoms with van der Waals surface area (Å²) in [6.07, 6.45) is 3.89. The molecule has 2 heterocycles. The molecule has 0 aromatic carbocycles. The second-order valence-electron chi connectivity index (χ2n) is 6.27. The molecule has 0 aliphatic carbocycles. The number of anilines is 1. The van der Waals surface area contributed by atoms with Crippen LogP contribution in [0, 0.1) is 11.8 Å². The van der Waals surface area contributed by atoms with Crippen LogP contribution in [0.25, 0.3) is 0 Å². The van der Waals surface area contributed by atoms with Crippen molar-refractivity contribution < 1.29 is 14.6 Å². The minimum absolute atomic E-state index is 0.224. The van der Waals surface area contributed by atoms with Gasteiger partial charge in [0.15, 0.2) is 5.69 Å². The van der Waals surface area contributed by atoms with Gasteiger partial charge in [-0.1, -0.05) is 13.8 Å². The number of aliphatic hydroxyl groups excluding tert-OH is 1. The van der Waals surface area contributed by atoms with E-state index in [9.17, 15) is 9.90 Å². The Morgan fingerprint density at radius 1 is 1.41 bits per heavy atom. The maximum absolute atomic E-state index is 11.5. The van der Waals surface area contributed by atoms with Crippen molar-refractivity contribution in [3.05, 3.63) is 18.1 Å². The molecule has 22 heavy (non-hydrogen) atoms. The highest BCUT2D eigenvalue weighted by Crippen LogP contribution is 2.26. The Morgan fingerprint density at radius 3 is 2.68 bits per heavy atom. The summed E-state index contributed by atoms with van der Waals surface area (Å²) in [6.45, 7) is 5.93. The molecule has 0 amide bonds. The highest BCUT2D eigenvalue weighted by Gasteiger charge is 2.26. The molecule has 1 N–H and O–H groups in total. The maximum Gasteiger partial charge on any atom is 0.356 e. The van der Waals surface area contributed by atoms with Gasteiger partial charge in [-0.05, 0) is 31.1 Å². The number of hydrogen-bond acceptors (Lipinski definition) is 6.